The Morgan fingerprint density at radius 1 is 1.24 bits per heavy atom. The molecule has 0 bridgehead atoms. The fourth-order valence-corrected chi connectivity index (χ4v) is 1.89. The maximum Gasteiger partial charge on any atom is 0.328 e. The molecule has 1 heterocycles. The van der Waals surface area contributed by atoms with Crippen LogP contribution in [0.4, 0.5) is 0 Å². The SMILES string of the molecule is NC(=O)CC1CCN(C(=O)/C=C/C(=O)O)CC1. The van der Waals surface area contributed by atoms with Crippen molar-refractivity contribution in [1.82, 2.24) is 4.90 Å². The topological polar surface area (TPSA) is 101 Å². The summed E-state index contributed by atoms with van der Waals surface area (Å²) in [5.41, 5.74) is 5.10. The van der Waals surface area contributed by atoms with E-state index in [-0.39, 0.29) is 17.7 Å². The molecule has 0 saturated carbocycles. The summed E-state index contributed by atoms with van der Waals surface area (Å²) < 4.78 is 0. The minimum atomic E-state index is -1.14. The van der Waals surface area contributed by atoms with Gasteiger partial charge in [0.15, 0.2) is 0 Å². The number of aliphatic carboxylic acids is 1. The first-order valence-electron chi connectivity index (χ1n) is 5.47. The maximum atomic E-state index is 11.5. The minimum absolute atomic E-state index is 0.236. The Morgan fingerprint density at radius 3 is 2.29 bits per heavy atom. The van der Waals surface area contributed by atoms with Crippen molar-refractivity contribution in [3.63, 3.8) is 0 Å². The van der Waals surface area contributed by atoms with Gasteiger partial charge in [0.05, 0.1) is 0 Å². The van der Waals surface area contributed by atoms with Crippen molar-refractivity contribution >= 4 is 17.8 Å². The molecular formula is C11H16N2O4. The van der Waals surface area contributed by atoms with Crippen LogP contribution in [0.5, 0.6) is 0 Å². The van der Waals surface area contributed by atoms with Gasteiger partial charge in [-0.3, -0.25) is 9.59 Å². The molecule has 3 N–H and O–H groups in total. The average molecular weight is 240 g/mol. The summed E-state index contributed by atoms with van der Waals surface area (Å²) >= 11 is 0. The summed E-state index contributed by atoms with van der Waals surface area (Å²) in [6.07, 6.45) is 3.70. The Labute approximate surface area is 99.1 Å². The van der Waals surface area contributed by atoms with E-state index < -0.39 is 5.97 Å². The molecular weight excluding hydrogens is 224 g/mol. The van der Waals surface area contributed by atoms with Crippen LogP contribution in [-0.4, -0.2) is 40.9 Å². The Kier molecular flexibility index (Phi) is 4.68. The summed E-state index contributed by atoms with van der Waals surface area (Å²) in [4.78, 5) is 34.1. The molecule has 0 aliphatic carbocycles. The van der Waals surface area contributed by atoms with Gasteiger partial charge in [0.25, 0.3) is 0 Å². The molecule has 2 amide bonds. The van der Waals surface area contributed by atoms with Crippen molar-refractivity contribution < 1.29 is 19.5 Å². The second-order valence-electron chi connectivity index (χ2n) is 4.11. The van der Waals surface area contributed by atoms with Crippen LogP contribution in [0.2, 0.25) is 0 Å². The molecule has 1 rings (SSSR count). The number of carbonyl (C=O) groups is 3. The molecule has 0 aromatic rings. The summed E-state index contributed by atoms with van der Waals surface area (Å²) in [6, 6.07) is 0. The van der Waals surface area contributed by atoms with E-state index >= 15 is 0 Å². The van der Waals surface area contributed by atoms with E-state index in [1.807, 2.05) is 0 Å². The number of carbonyl (C=O) groups excluding carboxylic acids is 2. The Hall–Kier alpha value is -1.85. The Bertz CT molecular complexity index is 343. The van der Waals surface area contributed by atoms with Crippen molar-refractivity contribution in [1.29, 1.82) is 0 Å². The second kappa shape index (κ2) is 6.03. The number of carboxylic acid groups (broad SMARTS) is 1. The molecule has 1 saturated heterocycles. The summed E-state index contributed by atoms with van der Waals surface area (Å²) in [5, 5.41) is 8.39. The van der Waals surface area contributed by atoms with Crippen molar-refractivity contribution in [2.75, 3.05) is 13.1 Å². The Balaban J connectivity index is 2.38. The van der Waals surface area contributed by atoms with Gasteiger partial charge in [0.1, 0.15) is 0 Å². The van der Waals surface area contributed by atoms with Crippen molar-refractivity contribution in [3.05, 3.63) is 12.2 Å². The van der Waals surface area contributed by atoms with Gasteiger partial charge in [-0.1, -0.05) is 0 Å². The molecule has 0 aromatic heterocycles. The zero-order valence-electron chi connectivity index (χ0n) is 9.46. The van der Waals surface area contributed by atoms with Crippen LogP contribution in [0.15, 0.2) is 12.2 Å². The first-order valence-corrected chi connectivity index (χ1v) is 5.47. The normalized spacial score (nSPS) is 17.3. The van der Waals surface area contributed by atoms with E-state index in [1.54, 1.807) is 4.90 Å². The van der Waals surface area contributed by atoms with Gasteiger partial charge in [0.2, 0.25) is 11.8 Å². The van der Waals surface area contributed by atoms with Crippen LogP contribution in [0.3, 0.4) is 0 Å². The van der Waals surface area contributed by atoms with Crippen molar-refractivity contribution in [2.45, 2.75) is 19.3 Å². The van der Waals surface area contributed by atoms with Gasteiger partial charge >= 0.3 is 5.97 Å². The predicted octanol–water partition coefficient (Wildman–Crippen LogP) is -0.259. The number of amides is 2. The zero-order valence-corrected chi connectivity index (χ0v) is 9.46. The summed E-state index contributed by atoms with van der Waals surface area (Å²) in [7, 11) is 0. The molecule has 94 valence electrons. The average Bonchev–Trinajstić information content (AvgIpc) is 2.26. The highest BCUT2D eigenvalue weighted by Crippen LogP contribution is 2.20. The largest absolute Gasteiger partial charge is 0.478 e. The van der Waals surface area contributed by atoms with Gasteiger partial charge in [-0.25, -0.2) is 4.79 Å². The molecule has 0 radical (unpaired) electrons. The van der Waals surface area contributed by atoms with E-state index in [0.29, 0.717) is 19.5 Å². The van der Waals surface area contributed by atoms with Gasteiger partial charge < -0.3 is 15.7 Å². The fraction of sp³-hybridized carbons (Fsp3) is 0.545. The van der Waals surface area contributed by atoms with E-state index in [4.69, 9.17) is 10.8 Å². The lowest BCUT2D eigenvalue weighted by atomic mass is 9.93. The van der Waals surface area contributed by atoms with Crippen LogP contribution < -0.4 is 5.73 Å². The highest BCUT2D eigenvalue weighted by Gasteiger charge is 2.22. The number of piperidine rings is 1. The lowest BCUT2D eigenvalue weighted by Crippen LogP contribution is -2.38. The van der Waals surface area contributed by atoms with Gasteiger partial charge in [-0.2, -0.15) is 0 Å². The van der Waals surface area contributed by atoms with E-state index in [0.717, 1.165) is 25.0 Å². The Morgan fingerprint density at radius 2 is 1.82 bits per heavy atom. The number of nitrogens with two attached hydrogens (primary N) is 1. The van der Waals surface area contributed by atoms with Crippen LogP contribution in [0.1, 0.15) is 19.3 Å². The number of carboxylic acids is 1. The minimum Gasteiger partial charge on any atom is -0.478 e. The third-order valence-corrected chi connectivity index (χ3v) is 2.78. The second-order valence-corrected chi connectivity index (χ2v) is 4.11. The fourth-order valence-electron chi connectivity index (χ4n) is 1.89. The molecule has 0 unspecified atom stereocenters. The standard InChI is InChI=1S/C11H16N2O4/c12-9(14)7-8-3-5-13(6-4-8)10(15)1-2-11(16)17/h1-2,8H,3-7H2,(H2,12,14)(H,16,17)/b2-1+. The molecule has 0 spiro atoms. The summed E-state index contributed by atoms with van der Waals surface area (Å²) in [5.74, 6) is -1.52. The van der Waals surface area contributed by atoms with Gasteiger partial charge in [-0.15, -0.1) is 0 Å². The smallest absolute Gasteiger partial charge is 0.328 e. The quantitative estimate of drug-likeness (QED) is 0.661. The number of nitrogens with zero attached hydrogens (tertiary/aromatic N) is 1. The third kappa shape index (κ3) is 4.67. The number of rotatable bonds is 4. The number of primary amides is 1. The number of hydrogen-bond donors (Lipinski definition) is 2. The van der Waals surface area contributed by atoms with E-state index in [1.165, 1.54) is 0 Å². The maximum absolute atomic E-state index is 11.5. The predicted molar refractivity (Wildman–Crippen MR) is 59.9 cm³/mol. The molecule has 0 atom stereocenters. The lowest BCUT2D eigenvalue weighted by Gasteiger charge is -2.30. The van der Waals surface area contributed by atoms with Gasteiger partial charge in [0, 0.05) is 31.7 Å². The zero-order chi connectivity index (χ0) is 12.8. The molecule has 17 heavy (non-hydrogen) atoms. The molecule has 0 aromatic carbocycles. The van der Waals surface area contributed by atoms with E-state index in [9.17, 15) is 14.4 Å². The first kappa shape index (κ1) is 13.2. The molecule has 1 fully saturated rings. The molecule has 1 aliphatic rings. The molecule has 6 nitrogen and oxygen atoms in total. The number of likely N-dealkylation sites (tertiary alicyclic amines) is 1. The summed E-state index contributed by atoms with van der Waals surface area (Å²) in [6.45, 7) is 1.08. The van der Waals surface area contributed by atoms with Crippen molar-refractivity contribution in [2.24, 2.45) is 11.7 Å². The van der Waals surface area contributed by atoms with Crippen LogP contribution in [0.25, 0.3) is 0 Å². The third-order valence-electron chi connectivity index (χ3n) is 2.78. The molecule has 1 aliphatic heterocycles. The van der Waals surface area contributed by atoms with Crippen molar-refractivity contribution in [3.8, 4) is 0 Å². The van der Waals surface area contributed by atoms with Crippen LogP contribution >= 0.6 is 0 Å². The van der Waals surface area contributed by atoms with E-state index in [2.05, 4.69) is 0 Å². The highest BCUT2D eigenvalue weighted by atomic mass is 16.4. The lowest BCUT2D eigenvalue weighted by molar-refractivity contribution is -0.132. The van der Waals surface area contributed by atoms with Crippen LogP contribution in [0, 0.1) is 5.92 Å². The molecule has 6 heteroatoms. The number of hydrogen-bond acceptors (Lipinski definition) is 3. The van der Waals surface area contributed by atoms with Gasteiger partial charge in [-0.05, 0) is 18.8 Å². The monoisotopic (exact) mass is 240 g/mol. The highest BCUT2D eigenvalue weighted by molar-refractivity contribution is 5.93. The first-order chi connectivity index (χ1) is 7.99. The van der Waals surface area contributed by atoms with Crippen LogP contribution in [-0.2, 0) is 14.4 Å².